The molecular weight excluding hydrogens is 1560 g/mol. The predicted molar refractivity (Wildman–Crippen MR) is 406 cm³/mol. The van der Waals surface area contributed by atoms with E-state index in [1.54, 1.807) is 30.3 Å². The minimum Gasteiger partial charge on any atom is -0.481 e. The predicted octanol–water partition coefficient (Wildman–Crippen LogP) is -8.61. The van der Waals surface area contributed by atoms with Crippen LogP contribution in [0, 0.1) is 0 Å². The van der Waals surface area contributed by atoms with Crippen molar-refractivity contribution in [2.75, 3.05) is 208 Å². The van der Waals surface area contributed by atoms with Gasteiger partial charge in [-0.1, -0.05) is 51.9 Å². The van der Waals surface area contributed by atoms with Gasteiger partial charge in [-0.2, -0.15) is 0 Å². The zero-order chi connectivity index (χ0) is 82.5. The Hall–Kier alpha value is -8.20. The minimum atomic E-state index is -1.82. The van der Waals surface area contributed by atoms with Gasteiger partial charge in [-0.25, -0.2) is 5.90 Å². The molecule has 0 saturated carbocycles. The maximum atomic E-state index is 14.7. The van der Waals surface area contributed by atoms with Gasteiger partial charge in [0.05, 0.1) is 124 Å². The highest BCUT2D eigenvalue weighted by molar-refractivity contribution is 8.76. The van der Waals surface area contributed by atoms with Gasteiger partial charge in [0.1, 0.15) is 75.3 Å². The molecule has 2 bridgehead atoms. The second kappa shape index (κ2) is 63.1. The van der Waals surface area contributed by atoms with Crippen molar-refractivity contribution in [2.45, 2.75) is 87.2 Å². The number of ether oxygens (including phenoxy) is 10. The van der Waals surface area contributed by atoms with Gasteiger partial charge in [-0.15, -0.1) is 11.8 Å². The van der Waals surface area contributed by atoms with Crippen LogP contribution in [0.5, 0.6) is 0 Å². The summed E-state index contributed by atoms with van der Waals surface area (Å²) in [6.45, 7) is 1.68. The first-order valence-corrected chi connectivity index (χ1v) is 40.1. The third kappa shape index (κ3) is 49.9. The number of aliphatic carboxylic acids is 1. The molecule has 0 radical (unpaired) electrons. The fraction of sp³-hybridized carbons (Fsp3) is 0.687. The van der Waals surface area contributed by atoms with Crippen LogP contribution < -0.4 is 86.5 Å². The molecular formula is C67H110N16O27S3. The van der Waals surface area contributed by atoms with Crippen LogP contribution in [0.1, 0.15) is 44.1 Å². The van der Waals surface area contributed by atoms with Crippen LogP contribution in [-0.2, 0) is 131 Å². The quantitative estimate of drug-likeness (QED) is 0.0164. The molecule has 43 nitrogen and oxygen atoms in total. The molecule has 46 heteroatoms. The van der Waals surface area contributed by atoms with Crippen molar-refractivity contribution in [1.29, 1.82) is 0 Å². The number of carbonyl (C=O) groups excluding carboxylic acids is 14. The Labute approximate surface area is 665 Å². The number of hydrogen-bond acceptors (Lipinski definition) is 31. The summed E-state index contributed by atoms with van der Waals surface area (Å²) in [6, 6.07) is -2.22. The molecule has 2 aliphatic heterocycles. The number of nitrogens with one attached hydrogen (secondary N) is 13. The van der Waals surface area contributed by atoms with E-state index >= 15 is 0 Å². The third-order valence-electron chi connectivity index (χ3n) is 15.2. The molecule has 2 saturated heterocycles. The highest BCUT2D eigenvalue weighted by Gasteiger charge is 2.35. The van der Waals surface area contributed by atoms with Crippen LogP contribution in [-0.4, -0.2) is 344 Å². The van der Waals surface area contributed by atoms with Crippen molar-refractivity contribution >= 4 is 122 Å². The summed E-state index contributed by atoms with van der Waals surface area (Å²) < 4.78 is 53.9. The second-order valence-corrected chi connectivity index (χ2v) is 28.0. The van der Waals surface area contributed by atoms with Gasteiger partial charge < -0.3 is 133 Å². The van der Waals surface area contributed by atoms with E-state index in [9.17, 15) is 77.0 Å². The number of rotatable bonds is 53. The highest BCUT2D eigenvalue weighted by atomic mass is 33.1. The number of nitrogens with two attached hydrogens (primary N) is 3. The lowest BCUT2D eigenvalue weighted by Gasteiger charge is -2.27. The van der Waals surface area contributed by atoms with E-state index in [4.69, 9.17) is 64.7 Å². The first kappa shape index (κ1) is 99.0. The Balaban J connectivity index is 1.72. The van der Waals surface area contributed by atoms with Gasteiger partial charge in [0.15, 0.2) is 0 Å². The van der Waals surface area contributed by atoms with Crippen molar-refractivity contribution in [3.63, 3.8) is 0 Å². The number of hydrogen-bond donors (Lipinski definition) is 17. The number of carboxylic acid groups (broad SMARTS) is 1. The zero-order valence-electron chi connectivity index (χ0n) is 63.0. The molecule has 2 fully saturated rings. The molecule has 1 aromatic carbocycles. The lowest BCUT2D eigenvalue weighted by Crippen LogP contribution is -2.60. The Kier molecular flexibility index (Phi) is 55.3. The minimum absolute atomic E-state index is 0.0366. The van der Waals surface area contributed by atoms with E-state index in [0.717, 1.165) is 33.3 Å². The normalized spacial score (nSPS) is 19.2. The van der Waals surface area contributed by atoms with E-state index in [-0.39, 0.29) is 167 Å². The van der Waals surface area contributed by atoms with Gasteiger partial charge in [-0.05, 0) is 44.2 Å². The number of primary amides is 1. The summed E-state index contributed by atoms with van der Waals surface area (Å²) in [6.07, 6.45) is -0.762. The molecule has 0 aliphatic carbocycles. The van der Waals surface area contributed by atoms with Crippen LogP contribution >= 0.6 is 33.3 Å². The third-order valence-corrected chi connectivity index (χ3v) is 18.7. The zero-order valence-corrected chi connectivity index (χ0v) is 65.5. The van der Waals surface area contributed by atoms with Crippen molar-refractivity contribution in [3.05, 3.63) is 35.9 Å². The summed E-state index contributed by atoms with van der Waals surface area (Å²) in [7, 11) is 1.82. The second-order valence-electron chi connectivity index (χ2n) is 24.4. The van der Waals surface area contributed by atoms with Crippen LogP contribution in [0.3, 0.4) is 0 Å². The molecule has 14 amide bonds. The van der Waals surface area contributed by atoms with Crippen LogP contribution in [0.15, 0.2) is 30.3 Å². The van der Waals surface area contributed by atoms with Gasteiger partial charge in [-0.3, -0.25) is 76.8 Å². The average Bonchev–Trinajstić information content (AvgIpc) is 0.975. The van der Waals surface area contributed by atoms with Gasteiger partial charge in [0.2, 0.25) is 82.7 Å². The van der Waals surface area contributed by atoms with E-state index in [0.29, 0.717) is 58.4 Å². The lowest BCUT2D eigenvalue weighted by atomic mass is 10.0. The SMILES string of the molecule is NCCC[C@@H]1NC(=O)[C@@H]2CSSC[C@H](NC(=O)[C@H](CC(=O)O)NC(=O)CNC1=O)C(=O)N[C@@H](Cc1ccccc1)C(=O)N[C@H](C(=O)NCCOCCOCCOCCNC(=O)COCC(N)=O)CSCC(=O)N[C@@H](CCCCNC(=O)COCC(=O)NCCOCCOCCOCCOCCOCCNC(=O)CON)C(=O)N2. The molecule has 0 spiro atoms. The van der Waals surface area contributed by atoms with Crippen LogP contribution in [0.4, 0.5) is 0 Å². The number of benzene rings is 1. The molecule has 1 aromatic rings. The molecule has 2 heterocycles. The van der Waals surface area contributed by atoms with Crippen molar-refractivity contribution in [2.24, 2.45) is 17.4 Å². The first-order chi connectivity index (χ1) is 54.6. The molecule has 0 unspecified atom stereocenters. The Morgan fingerprint density at radius 1 is 0.434 bits per heavy atom. The summed E-state index contributed by atoms with van der Waals surface area (Å²) in [4.78, 5) is 203. The number of carbonyl (C=O) groups is 15. The lowest BCUT2D eigenvalue weighted by molar-refractivity contribution is -0.141. The fourth-order valence-corrected chi connectivity index (χ4v) is 12.8. The largest absolute Gasteiger partial charge is 0.481 e. The van der Waals surface area contributed by atoms with Crippen molar-refractivity contribution in [3.8, 4) is 0 Å². The average molecular weight is 1670 g/mol. The van der Waals surface area contributed by atoms with Crippen molar-refractivity contribution < 1.29 is 129 Å². The molecule has 20 N–H and O–H groups in total. The first-order valence-electron chi connectivity index (χ1n) is 36.5. The van der Waals surface area contributed by atoms with Crippen LogP contribution in [0.25, 0.3) is 0 Å². The van der Waals surface area contributed by atoms with Crippen LogP contribution in [0.2, 0.25) is 0 Å². The van der Waals surface area contributed by atoms with Gasteiger partial charge in [0, 0.05) is 56.4 Å². The summed E-state index contributed by atoms with van der Waals surface area (Å²) >= 11 is 0.877. The maximum Gasteiger partial charge on any atom is 0.305 e. The molecule has 3 rings (SSSR count). The molecule has 638 valence electrons. The number of fused-ring (bicyclic) bond motifs is 5. The molecule has 113 heavy (non-hydrogen) atoms. The van der Waals surface area contributed by atoms with E-state index in [2.05, 4.69) is 74.0 Å². The molecule has 2 aliphatic rings. The molecule has 7 atom stereocenters. The maximum absolute atomic E-state index is 14.7. The summed E-state index contributed by atoms with van der Waals surface area (Å²) in [5.74, 6) is -8.90. The monoisotopic (exact) mass is 1670 g/mol. The number of thioether (sulfide) groups is 1. The smallest absolute Gasteiger partial charge is 0.305 e. The van der Waals surface area contributed by atoms with E-state index in [1.165, 1.54) is 0 Å². The van der Waals surface area contributed by atoms with Crippen molar-refractivity contribution in [1.82, 2.24) is 69.1 Å². The number of carboxylic acids is 1. The Bertz CT molecular complexity index is 3060. The number of unbranched alkanes of at least 4 members (excludes halogenated alkanes) is 1. The van der Waals surface area contributed by atoms with Gasteiger partial charge >= 0.3 is 5.97 Å². The number of amides is 14. The summed E-state index contributed by atoms with van der Waals surface area (Å²) in [5, 5.41) is 43.3. The van der Waals surface area contributed by atoms with Gasteiger partial charge in [0.25, 0.3) is 0 Å². The summed E-state index contributed by atoms with van der Waals surface area (Å²) in [5.41, 5.74) is 11.3. The molecule has 0 aromatic heterocycles. The fourth-order valence-electron chi connectivity index (χ4n) is 9.63. The Morgan fingerprint density at radius 2 is 0.858 bits per heavy atom. The highest BCUT2D eigenvalue weighted by Crippen LogP contribution is 2.24. The van der Waals surface area contributed by atoms with E-state index < -0.39 is 164 Å². The standard InChI is InChI=1S/C67H110N16O27S3/c68-11-6-10-46-61(93)76-35-54(85)78-49(34-60(91)92)65(97)83-52-43-113-112-42-51(66(98)79-46)82-63(95)47(9-4-5-12-71-55(86)38-109-39-57(88)73-14-18-101-22-26-105-29-31-107-32-30-106-27-23-102-19-15-74-58(89)40-110-70)77-59(90)44-111-41-50(81-64(96)48(80-67(52)99)33-45-7-2-1-3-8-45)62(94)75-16-20-103-24-28-104-25-21-100-17-13-72-56(87)37-108-36-53(69)84/h1-3,7-8,46-52H,4-6,9-44,68,70H2,(H2,69,84)(H,71,86)(H,72,87)(H,73,88)(H,74,89)(H,75,94)(H,76,93)(H,77,90)(H,78,85)(H,79,98)(H,80,99)(H,81,96)(H,82,95)(H,83,97)(H,91,92)/t46-,47-,48-,49-,50-,51-,52-/m0/s1. The van der Waals surface area contributed by atoms with E-state index in [1.807, 2.05) is 0 Å². The topological polar surface area (TPSA) is 612 Å². The Morgan fingerprint density at radius 3 is 1.35 bits per heavy atom.